The highest BCUT2D eigenvalue weighted by Crippen LogP contribution is 2.50. The van der Waals surface area contributed by atoms with Crippen molar-refractivity contribution in [1.29, 1.82) is 0 Å². The summed E-state index contributed by atoms with van der Waals surface area (Å²) >= 11 is 0. The number of pyridine rings is 1. The molecule has 3 fully saturated rings. The molecule has 0 spiro atoms. The Balaban J connectivity index is 1.03. The van der Waals surface area contributed by atoms with Gasteiger partial charge in [0, 0.05) is 100 Å². The zero-order valence-corrected chi connectivity index (χ0v) is 47.9. The van der Waals surface area contributed by atoms with Gasteiger partial charge in [-0.25, -0.2) is 9.18 Å². The van der Waals surface area contributed by atoms with Crippen molar-refractivity contribution in [3.63, 3.8) is 0 Å². The van der Waals surface area contributed by atoms with Crippen LogP contribution in [0, 0.1) is 42.3 Å². The molecule has 83 heavy (non-hydrogen) atoms. The summed E-state index contributed by atoms with van der Waals surface area (Å²) in [6.07, 6.45) is 6.59. The molecule has 5 aliphatic heterocycles. The molecular formula is C60H70FN5O17. The number of anilines is 1. The number of carbonyl (C=O) groups is 7. The summed E-state index contributed by atoms with van der Waals surface area (Å²) in [6.45, 7) is 12.2. The van der Waals surface area contributed by atoms with Crippen LogP contribution in [-0.4, -0.2) is 148 Å². The number of ketones is 3. The van der Waals surface area contributed by atoms with Crippen molar-refractivity contribution in [2.24, 2.45) is 29.6 Å². The third-order valence-electron chi connectivity index (χ3n) is 17.2. The summed E-state index contributed by atoms with van der Waals surface area (Å²) < 4.78 is 47.5. The molecule has 6 N–H and O–H groups in total. The second-order valence-electron chi connectivity index (χ2n) is 22.9. The summed E-state index contributed by atoms with van der Waals surface area (Å²) in [4.78, 5) is 114. The number of benzene rings is 2. The molecular weight excluding hydrogens is 1080 g/mol. The number of carboxylic acid groups (broad SMARTS) is 1. The van der Waals surface area contributed by atoms with Crippen LogP contribution in [0.15, 0.2) is 64.6 Å². The number of phenols is 1. The molecule has 3 aromatic rings. The van der Waals surface area contributed by atoms with Gasteiger partial charge in [0.15, 0.2) is 11.6 Å². The van der Waals surface area contributed by atoms with E-state index >= 15 is 9.18 Å². The zero-order chi connectivity index (χ0) is 60.4. The number of amides is 2. The summed E-state index contributed by atoms with van der Waals surface area (Å²) in [5.74, 6) is -13.8. The van der Waals surface area contributed by atoms with Crippen molar-refractivity contribution < 1.29 is 82.1 Å². The fraction of sp³-hybridized carbons (Fsp3) is 0.500. The minimum absolute atomic E-state index is 0.0370. The number of fused-ring (bicyclic) bond motifs is 15. The minimum Gasteiger partial charge on any atom is -0.507 e. The molecule has 2 aliphatic carbocycles. The molecule has 2 saturated heterocycles. The van der Waals surface area contributed by atoms with Gasteiger partial charge in [-0.2, -0.15) is 0 Å². The Morgan fingerprint density at radius 2 is 1.59 bits per heavy atom. The van der Waals surface area contributed by atoms with E-state index in [-0.39, 0.29) is 76.2 Å². The number of aromatic carboxylic acids is 1. The number of rotatable bonds is 9. The molecule has 7 aliphatic rings. The molecule has 2 amide bonds. The highest BCUT2D eigenvalue weighted by atomic mass is 19.1. The molecule has 6 heterocycles. The Kier molecular flexibility index (Phi) is 16.6. The van der Waals surface area contributed by atoms with Crippen LogP contribution in [0.5, 0.6) is 17.2 Å². The van der Waals surface area contributed by atoms with Crippen LogP contribution < -0.4 is 30.4 Å². The molecule has 23 heteroatoms. The molecule has 2 aromatic carbocycles. The van der Waals surface area contributed by atoms with Crippen LogP contribution in [-0.2, 0) is 28.6 Å². The number of nitrogens with one attached hydrogen (secondary N) is 2. The number of esters is 1. The largest absolute Gasteiger partial charge is 0.507 e. The SMILES string of the molecule is COc1c(N2CCCC(NC(=O)C3CN(C4=C5NC(=O)/C(C)=C\C=C\[C@H](C)[C@H](O)[C@@H](C)[C@@H](O)[C@@H](C)[C@H](OC(C)=O)[C@H](C)[C@@H](OC)/C=C/O[C@@]6(C)Oc7c(C)c(O)c(c(c7C6=O)C4=O)C5=O)C3)C2)c(F)cc2c(=O)c(C(=O)O)cn(C3CC3)c12. The summed E-state index contributed by atoms with van der Waals surface area (Å²) in [7, 11) is 2.73. The van der Waals surface area contributed by atoms with Crippen LogP contribution in [0.1, 0.15) is 127 Å². The van der Waals surface area contributed by atoms with E-state index in [4.69, 9.17) is 23.7 Å². The third-order valence-corrected chi connectivity index (χ3v) is 17.2. The number of methoxy groups -OCH3 is 2. The number of likely N-dealkylation sites (tertiary alicyclic amines) is 1. The topological polar surface area (TPSA) is 299 Å². The van der Waals surface area contributed by atoms with Gasteiger partial charge in [0.25, 0.3) is 11.7 Å². The first-order chi connectivity index (χ1) is 39.2. The molecule has 1 aromatic heterocycles. The predicted molar refractivity (Wildman–Crippen MR) is 297 cm³/mol. The lowest BCUT2D eigenvalue weighted by atomic mass is 9.78. The van der Waals surface area contributed by atoms with Crippen LogP contribution in [0.3, 0.4) is 0 Å². The number of allylic oxidation sites excluding steroid dienone is 4. The number of hydrogen-bond donors (Lipinski definition) is 6. The Hall–Kier alpha value is -7.89. The monoisotopic (exact) mass is 1150 g/mol. The summed E-state index contributed by atoms with van der Waals surface area (Å²) in [5.41, 5.74) is -3.46. The normalized spacial score (nSPS) is 29.5. The van der Waals surface area contributed by atoms with Crippen molar-refractivity contribution >= 4 is 57.7 Å². The van der Waals surface area contributed by atoms with E-state index < -0.39 is 146 Å². The van der Waals surface area contributed by atoms with E-state index in [0.29, 0.717) is 19.4 Å². The first kappa shape index (κ1) is 59.7. The minimum atomic E-state index is -2.20. The van der Waals surface area contributed by atoms with Crippen molar-refractivity contribution in [3.8, 4) is 17.2 Å². The van der Waals surface area contributed by atoms with Crippen LogP contribution in [0.4, 0.5) is 10.1 Å². The van der Waals surface area contributed by atoms with Crippen molar-refractivity contribution in [3.05, 3.63) is 104 Å². The van der Waals surface area contributed by atoms with Crippen molar-refractivity contribution in [1.82, 2.24) is 20.1 Å². The lowest BCUT2D eigenvalue weighted by Gasteiger charge is -2.43. The second-order valence-corrected chi connectivity index (χ2v) is 22.9. The highest BCUT2D eigenvalue weighted by Gasteiger charge is 2.54. The summed E-state index contributed by atoms with van der Waals surface area (Å²) in [6, 6.07) is 0.367. The maximum atomic E-state index is 16.3. The van der Waals surface area contributed by atoms with E-state index in [1.807, 2.05) is 0 Å². The molecule has 10 atom stereocenters. The van der Waals surface area contributed by atoms with E-state index in [2.05, 4.69) is 10.6 Å². The van der Waals surface area contributed by atoms with E-state index in [0.717, 1.165) is 25.2 Å². The molecule has 1 saturated carbocycles. The maximum Gasteiger partial charge on any atom is 0.341 e. The number of carboxylic acids is 1. The third kappa shape index (κ3) is 10.8. The van der Waals surface area contributed by atoms with Gasteiger partial charge in [-0.3, -0.25) is 33.6 Å². The van der Waals surface area contributed by atoms with Gasteiger partial charge >= 0.3 is 17.7 Å². The lowest BCUT2D eigenvalue weighted by molar-refractivity contribution is -0.160. The fourth-order valence-electron chi connectivity index (χ4n) is 12.1. The number of hydrogen-bond acceptors (Lipinski definition) is 18. The number of carbonyl (C=O) groups excluding carboxylic acids is 6. The number of aliphatic hydroxyl groups is 2. The number of Topliss-reactive ketones (excluding diaryl/α,β-unsaturated/α-hetero) is 3. The average molecular weight is 1150 g/mol. The van der Waals surface area contributed by atoms with Crippen LogP contribution in [0.2, 0.25) is 0 Å². The molecule has 1 unspecified atom stereocenters. The number of phenolic OH excluding ortho intramolecular Hbond substituents is 1. The van der Waals surface area contributed by atoms with Crippen molar-refractivity contribution in [2.75, 3.05) is 45.3 Å². The number of nitrogens with zero attached hydrogens (tertiary/aromatic N) is 3. The van der Waals surface area contributed by atoms with Crippen LogP contribution >= 0.6 is 0 Å². The standard InChI is InChI=1S/C60H70FN5O17/c1-26-13-11-14-27(2)57(75)63-43-46(65-22-33(23-65)58(76)62-34-15-12-19-64(24-34)45-38(61)21-36-44(55(45)80-10)66(35-16-17-35)25-37(50(36)71)59(77)78)52(73)40-41(51(43)72)49(70)31(6)54-42(40)56(74)60(8,83-54)81-20-18-39(79-9)28(3)53(82-32(7)67)30(5)48(69)29(4)47(26)68/h11,13-14,18,20-21,25-26,28-30,33-35,39,47-48,53,68-70H,12,15-17,19,22-24H2,1-10H3,(H,62,76)(H,63,75)(H,77,78)/b13-11+,20-18+,27-14-/t26-,28+,29+,30+,34?,39-,47-,48+,53+,60-/m0/s1. The first-order valence-corrected chi connectivity index (χ1v) is 27.8. The van der Waals surface area contributed by atoms with Gasteiger partial charge in [-0.1, -0.05) is 45.9 Å². The molecule has 0 radical (unpaired) electrons. The molecule has 10 rings (SSSR count). The number of ether oxygens (including phenoxy) is 5. The smallest absolute Gasteiger partial charge is 0.341 e. The molecule has 5 bridgehead atoms. The summed E-state index contributed by atoms with van der Waals surface area (Å²) in [5, 5.41) is 50.2. The Labute approximate surface area is 477 Å². The second kappa shape index (κ2) is 23.0. The number of aliphatic hydroxyl groups excluding tert-OH is 2. The quantitative estimate of drug-likeness (QED) is 0.151. The number of aromatic nitrogens is 1. The first-order valence-electron chi connectivity index (χ1n) is 27.8. The van der Waals surface area contributed by atoms with Gasteiger partial charge in [0.2, 0.25) is 22.9 Å². The van der Waals surface area contributed by atoms with Gasteiger partial charge in [0.05, 0.1) is 65.2 Å². The average Bonchev–Trinajstić information content (AvgIpc) is 1.94. The Bertz CT molecular complexity index is 3430. The Morgan fingerprint density at radius 3 is 2.23 bits per heavy atom. The maximum absolute atomic E-state index is 16.3. The number of piperidine rings is 1. The van der Waals surface area contributed by atoms with Crippen molar-refractivity contribution in [2.45, 2.75) is 123 Å². The van der Waals surface area contributed by atoms with Gasteiger partial charge in [-0.05, 0) is 51.7 Å². The number of aromatic hydroxyl groups is 1. The van der Waals surface area contributed by atoms with Gasteiger partial charge in [0.1, 0.15) is 40.2 Å². The molecule has 444 valence electrons. The number of halogens is 1. The van der Waals surface area contributed by atoms with Gasteiger partial charge in [-0.15, -0.1) is 0 Å². The highest BCUT2D eigenvalue weighted by molar-refractivity contribution is 6.32. The lowest BCUT2D eigenvalue weighted by Crippen LogP contribution is -2.58. The van der Waals surface area contributed by atoms with E-state index in [9.17, 15) is 54.0 Å². The van der Waals surface area contributed by atoms with E-state index in [1.54, 1.807) is 43.2 Å². The predicted octanol–water partition coefficient (Wildman–Crippen LogP) is 5.17. The Morgan fingerprint density at radius 1 is 0.892 bits per heavy atom. The van der Waals surface area contributed by atoms with Gasteiger partial charge < -0.3 is 69.1 Å². The zero-order valence-electron chi connectivity index (χ0n) is 47.9. The van der Waals surface area contributed by atoms with Crippen LogP contribution in [0.25, 0.3) is 10.9 Å². The van der Waals surface area contributed by atoms with E-state index in [1.165, 1.54) is 71.2 Å². The fourth-order valence-corrected chi connectivity index (χ4v) is 12.1. The molecule has 22 nitrogen and oxygen atoms in total.